The summed E-state index contributed by atoms with van der Waals surface area (Å²) in [5.41, 5.74) is 4.68. The highest BCUT2D eigenvalue weighted by Gasteiger charge is 2.11. The molecule has 148 valence electrons. The first-order valence-electron chi connectivity index (χ1n) is 8.63. The molecule has 0 aliphatic carbocycles. The lowest BCUT2D eigenvalue weighted by Crippen LogP contribution is -2.43. The maximum Gasteiger partial charge on any atom is 0.344 e. The van der Waals surface area contributed by atoms with Gasteiger partial charge >= 0.3 is 5.97 Å². The van der Waals surface area contributed by atoms with E-state index in [9.17, 15) is 14.4 Å². The van der Waals surface area contributed by atoms with Crippen LogP contribution in [-0.4, -0.2) is 31.0 Å². The average Bonchev–Trinajstić information content (AvgIpc) is 2.75. The van der Waals surface area contributed by atoms with Crippen LogP contribution in [0.3, 0.4) is 0 Å². The van der Waals surface area contributed by atoms with Crippen LogP contribution in [0.4, 0.5) is 0 Å². The smallest absolute Gasteiger partial charge is 0.344 e. The van der Waals surface area contributed by atoms with Crippen molar-refractivity contribution in [3.63, 3.8) is 0 Å². The number of ether oxygens (including phenoxy) is 2. The number of benzene rings is 3. The van der Waals surface area contributed by atoms with Gasteiger partial charge in [0, 0.05) is 10.6 Å². The Morgan fingerprint density at radius 2 is 1.55 bits per heavy atom. The van der Waals surface area contributed by atoms with Crippen molar-refractivity contribution in [1.29, 1.82) is 0 Å². The monoisotopic (exact) mass is 412 g/mol. The third-order valence-electron chi connectivity index (χ3n) is 3.86. The fourth-order valence-electron chi connectivity index (χ4n) is 2.42. The third kappa shape index (κ3) is 5.95. The zero-order chi connectivity index (χ0) is 20.6. The van der Waals surface area contributed by atoms with Gasteiger partial charge in [-0.15, -0.1) is 0 Å². The summed E-state index contributed by atoms with van der Waals surface area (Å²) in [7, 11) is 0. The summed E-state index contributed by atoms with van der Waals surface area (Å²) in [5.74, 6) is -1.41. The Balaban J connectivity index is 1.38. The largest absolute Gasteiger partial charge is 0.482 e. The molecule has 8 heteroatoms. The Labute approximate surface area is 171 Å². The van der Waals surface area contributed by atoms with Crippen LogP contribution in [0.5, 0.6) is 5.75 Å². The number of halogens is 1. The predicted octanol–water partition coefficient (Wildman–Crippen LogP) is 2.88. The number of amides is 2. The molecule has 0 bridgehead atoms. The molecular formula is C21H17ClN2O5. The van der Waals surface area contributed by atoms with E-state index >= 15 is 0 Å². The molecule has 0 saturated carbocycles. The van der Waals surface area contributed by atoms with Gasteiger partial charge in [-0.25, -0.2) is 4.79 Å². The van der Waals surface area contributed by atoms with E-state index in [-0.39, 0.29) is 6.61 Å². The van der Waals surface area contributed by atoms with Gasteiger partial charge in [0.05, 0.1) is 0 Å². The second-order valence-electron chi connectivity index (χ2n) is 5.97. The van der Waals surface area contributed by atoms with E-state index in [1.54, 1.807) is 18.2 Å². The summed E-state index contributed by atoms with van der Waals surface area (Å²) >= 11 is 5.75. The van der Waals surface area contributed by atoms with Crippen LogP contribution in [0.2, 0.25) is 5.02 Å². The molecule has 7 nitrogen and oxygen atoms in total. The number of hydrogen-bond acceptors (Lipinski definition) is 5. The highest BCUT2D eigenvalue weighted by atomic mass is 35.5. The highest BCUT2D eigenvalue weighted by molar-refractivity contribution is 6.30. The normalized spacial score (nSPS) is 10.2. The van der Waals surface area contributed by atoms with Crippen LogP contribution >= 0.6 is 11.6 Å². The van der Waals surface area contributed by atoms with Crippen LogP contribution < -0.4 is 15.6 Å². The first-order chi connectivity index (χ1) is 14.0. The minimum atomic E-state index is -0.711. The van der Waals surface area contributed by atoms with Gasteiger partial charge in [-0.05, 0) is 47.2 Å². The van der Waals surface area contributed by atoms with Gasteiger partial charge in [0.1, 0.15) is 5.75 Å². The molecule has 0 aliphatic heterocycles. The Morgan fingerprint density at radius 1 is 0.828 bits per heavy atom. The highest BCUT2D eigenvalue weighted by Crippen LogP contribution is 2.20. The molecule has 29 heavy (non-hydrogen) atoms. The summed E-state index contributed by atoms with van der Waals surface area (Å²) < 4.78 is 10.2. The van der Waals surface area contributed by atoms with Crippen molar-refractivity contribution in [3.8, 4) is 5.75 Å². The van der Waals surface area contributed by atoms with E-state index in [1.165, 1.54) is 12.1 Å². The lowest BCUT2D eigenvalue weighted by atomic mass is 10.1. The summed E-state index contributed by atoms with van der Waals surface area (Å²) in [6, 6.07) is 19.3. The predicted molar refractivity (Wildman–Crippen MR) is 107 cm³/mol. The van der Waals surface area contributed by atoms with E-state index in [2.05, 4.69) is 10.9 Å². The number of hydrogen-bond donors (Lipinski definition) is 2. The summed E-state index contributed by atoms with van der Waals surface area (Å²) in [6.45, 7) is -0.899. The second kappa shape index (κ2) is 9.57. The van der Waals surface area contributed by atoms with Crippen LogP contribution in [0.15, 0.2) is 66.7 Å². The van der Waals surface area contributed by atoms with E-state index in [4.69, 9.17) is 21.1 Å². The fraction of sp³-hybridized carbons (Fsp3) is 0.0952. The number of rotatable bonds is 6. The lowest BCUT2D eigenvalue weighted by molar-refractivity contribution is -0.150. The molecule has 2 N–H and O–H groups in total. The molecule has 3 aromatic rings. The average molecular weight is 413 g/mol. The molecule has 3 rings (SSSR count). The zero-order valence-electron chi connectivity index (χ0n) is 15.2. The van der Waals surface area contributed by atoms with E-state index < -0.39 is 24.4 Å². The molecule has 0 aromatic heterocycles. The molecule has 0 atom stereocenters. The zero-order valence-corrected chi connectivity index (χ0v) is 15.9. The third-order valence-corrected chi connectivity index (χ3v) is 4.12. The van der Waals surface area contributed by atoms with E-state index in [0.717, 1.165) is 10.8 Å². The number of hydrazine groups is 1. The van der Waals surface area contributed by atoms with Crippen LogP contribution in [-0.2, 0) is 14.3 Å². The van der Waals surface area contributed by atoms with Gasteiger partial charge in [0.2, 0.25) is 0 Å². The number of fused-ring (bicyclic) bond motifs is 1. The Hall–Kier alpha value is -3.58. The maximum absolute atomic E-state index is 11.9. The molecule has 0 radical (unpaired) electrons. The van der Waals surface area contributed by atoms with Crippen molar-refractivity contribution in [1.82, 2.24) is 10.9 Å². The minimum Gasteiger partial charge on any atom is -0.482 e. The van der Waals surface area contributed by atoms with Gasteiger partial charge in [-0.3, -0.25) is 20.4 Å². The quantitative estimate of drug-likeness (QED) is 0.479. The van der Waals surface area contributed by atoms with Crippen molar-refractivity contribution in [2.75, 3.05) is 13.2 Å². The molecule has 0 aliphatic rings. The Morgan fingerprint density at radius 3 is 2.31 bits per heavy atom. The van der Waals surface area contributed by atoms with Crippen molar-refractivity contribution in [2.45, 2.75) is 0 Å². The molecule has 0 unspecified atom stereocenters. The maximum atomic E-state index is 11.9. The number of esters is 1. The van der Waals surface area contributed by atoms with E-state index in [0.29, 0.717) is 16.3 Å². The lowest BCUT2D eigenvalue weighted by Gasteiger charge is -2.09. The number of carbonyl (C=O) groups is 3. The molecule has 3 aromatic carbocycles. The summed E-state index contributed by atoms with van der Waals surface area (Å²) in [5, 5.41) is 2.53. The number of carbonyl (C=O) groups excluding carboxylic acids is 3. The fourth-order valence-corrected chi connectivity index (χ4v) is 2.55. The van der Waals surface area contributed by atoms with Crippen LogP contribution in [0, 0.1) is 0 Å². The van der Waals surface area contributed by atoms with Gasteiger partial charge in [0.15, 0.2) is 13.2 Å². The minimum absolute atomic E-state index is 0.315. The van der Waals surface area contributed by atoms with Gasteiger partial charge in [0.25, 0.3) is 11.8 Å². The SMILES string of the molecule is O=C(COC(=O)COc1ccc2ccccc2c1)NNC(=O)c1ccc(Cl)cc1. The summed E-state index contributed by atoms with van der Waals surface area (Å²) in [6.07, 6.45) is 0. The van der Waals surface area contributed by atoms with Gasteiger partial charge < -0.3 is 9.47 Å². The van der Waals surface area contributed by atoms with Gasteiger partial charge in [-0.2, -0.15) is 0 Å². The first-order valence-corrected chi connectivity index (χ1v) is 9.01. The molecule has 0 saturated heterocycles. The Kier molecular flexibility index (Phi) is 6.65. The molecule has 0 fully saturated rings. The molecule has 2 amide bonds. The first kappa shape index (κ1) is 20.2. The Bertz CT molecular complexity index is 1040. The van der Waals surface area contributed by atoms with Crippen molar-refractivity contribution in [3.05, 3.63) is 77.3 Å². The van der Waals surface area contributed by atoms with Crippen LogP contribution in [0.25, 0.3) is 10.8 Å². The van der Waals surface area contributed by atoms with E-state index in [1.807, 2.05) is 36.4 Å². The molecule has 0 heterocycles. The van der Waals surface area contributed by atoms with Crippen LogP contribution in [0.1, 0.15) is 10.4 Å². The molecule has 0 spiro atoms. The topological polar surface area (TPSA) is 93.7 Å². The van der Waals surface area contributed by atoms with Crippen molar-refractivity contribution < 1.29 is 23.9 Å². The van der Waals surface area contributed by atoms with Crippen molar-refractivity contribution >= 4 is 40.2 Å². The standard InChI is InChI=1S/C21H17ClN2O5/c22-17-8-5-15(6-9-17)21(27)24-23-19(25)12-29-20(26)13-28-18-10-7-14-3-1-2-4-16(14)11-18/h1-11H,12-13H2,(H,23,25)(H,24,27). The molecular weight excluding hydrogens is 396 g/mol. The summed E-state index contributed by atoms with van der Waals surface area (Å²) in [4.78, 5) is 35.3. The second-order valence-corrected chi connectivity index (χ2v) is 6.40. The van der Waals surface area contributed by atoms with Gasteiger partial charge in [-0.1, -0.05) is 41.9 Å². The van der Waals surface area contributed by atoms with Crippen molar-refractivity contribution in [2.24, 2.45) is 0 Å². The number of nitrogens with one attached hydrogen (secondary N) is 2.